The summed E-state index contributed by atoms with van der Waals surface area (Å²) in [6.07, 6.45) is 5.27. The molecular formula is C21H22ClN3O2S. The molecule has 1 aromatic carbocycles. The van der Waals surface area contributed by atoms with Crippen LogP contribution in [0.25, 0.3) is 0 Å². The van der Waals surface area contributed by atoms with Crippen LogP contribution in [0.5, 0.6) is 0 Å². The van der Waals surface area contributed by atoms with Crippen molar-refractivity contribution in [2.45, 2.75) is 44.2 Å². The fourth-order valence-corrected chi connectivity index (χ4v) is 4.55. The molecule has 1 aliphatic carbocycles. The Balaban J connectivity index is 2.01. The van der Waals surface area contributed by atoms with Crippen LogP contribution < -0.4 is 10.2 Å². The molecule has 0 aliphatic heterocycles. The highest BCUT2D eigenvalue weighted by Crippen LogP contribution is 2.33. The number of benzene rings is 1. The van der Waals surface area contributed by atoms with Gasteiger partial charge in [-0.05, 0) is 36.4 Å². The number of nitriles is 1. The molecule has 1 aromatic heterocycles. The summed E-state index contributed by atoms with van der Waals surface area (Å²) >= 11 is 7.30. The van der Waals surface area contributed by atoms with Crippen LogP contribution in [0.4, 0.5) is 5.69 Å². The first-order chi connectivity index (χ1) is 13.7. The molecule has 1 saturated carbocycles. The smallest absolute Gasteiger partial charge is 0.248 e. The van der Waals surface area contributed by atoms with E-state index in [0.29, 0.717) is 11.3 Å². The topological polar surface area (TPSA) is 73.2 Å². The van der Waals surface area contributed by atoms with E-state index in [1.807, 2.05) is 17.5 Å². The number of amides is 2. The Bertz CT molecular complexity index is 857. The van der Waals surface area contributed by atoms with Crippen LogP contribution in [0.3, 0.4) is 0 Å². The third-order valence-electron chi connectivity index (χ3n) is 4.94. The minimum absolute atomic E-state index is 0.114. The molecule has 1 unspecified atom stereocenters. The summed E-state index contributed by atoms with van der Waals surface area (Å²) in [5, 5.41) is 14.5. The molecule has 0 bridgehead atoms. The van der Waals surface area contributed by atoms with Gasteiger partial charge in [0.25, 0.3) is 0 Å². The molecular weight excluding hydrogens is 394 g/mol. The minimum Gasteiger partial charge on any atom is -0.351 e. The number of para-hydroxylation sites is 1. The maximum absolute atomic E-state index is 13.3. The number of nitrogens with one attached hydrogen (secondary N) is 1. The molecule has 28 heavy (non-hydrogen) atoms. The van der Waals surface area contributed by atoms with Crippen molar-refractivity contribution in [1.29, 1.82) is 5.26 Å². The van der Waals surface area contributed by atoms with Gasteiger partial charge in [0.2, 0.25) is 11.8 Å². The van der Waals surface area contributed by atoms with E-state index >= 15 is 0 Å². The Morgan fingerprint density at radius 3 is 2.61 bits per heavy atom. The summed E-state index contributed by atoms with van der Waals surface area (Å²) in [5.74, 6) is -0.930. The van der Waals surface area contributed by atoms with Crippen LogP contribution in [0, 0.1) is 11.3 Å². The highest BCUT2D eigenvalue weighted by atomic mass is 35.5. The third-order valence-corrected chi connectivity index (χ3v) is 6.09. The third kappa shape index (κ3) is 4.54. The average molecular weight is 416 g/mol. The van der Waals surface area contributed by atoms with Crippen LogP contribution in [0.2, 0.25) is 0 Å². The zero-order valence-corrected chi connectivity index (χ0v) is 17.0. The van der Waals surface area contributed by atoms with Gasteiger partial charge in [-0.15, -0.1) is 22.9 Å². The Morgan fingerprint density at radius 2 is 1.96 bits per heavy atom. The largest absolute Gasteiger partial charge is 0.351 e. The molecule has 2 amide bonds. The summed E-state index contributed by atoms with van der Waals surface area (Å²) < 4.78 is 0. The summed E-state index contributed by atoms with van der Waals surface area (Å²) in [4.78, 5) is 28.2. The second-order valence-corrected chi connectivity index (χ2v) is 8.03. The van der Waals surface area contributed by atoms with Gasteiger partial charge < -0.3 is 5.32 Å². The summed E-state index contributed by atoms with van der Waals surface area (Å²) in [6, 6.07) is 11.8. The number of alkyl halides is 1. The number of nitrogens with zero attached hydrogens (tertiary/aromatic N) is 2. The maximum atomic E-state index is 13.3. The van der Waals surface area contributed by atoms with E-state index in [1.165, 1.54) is 22.7 Å². The summed E-state index contributed by atoms with van der Waals surface area (Å²) in [5.41, 5.74) is 0.723. The van der Waals surface area contributed by atoms with Gasteiger partial charge in [-0.1, -0.05) is 37.5 Å². The van der Waals surface area contributed by atoms with Gasteiger partial charge in [0, 0.05) is 10.9 Å². The Hall–Kier alpha value is -2.36. The van der Waals surface area contributed by atoms with E-state index < -0.39 is 11.9 Å². The molecule has 0 spiro atoms. The summed E-state index contributed by atoms with van der Waals surface area (Å²) in [7, 11) is 0. The molecule has 7 heteroatoms. The van der Waals surface area contributed by atoms with E-state index in [4.69, 9.17) is 11.6 Å². The van der Waals surface area contributed by atoms with Crippen LogP contribution >= 0.6 is 22.9 Å². The number of rotatable bonds is 6. The molecule has 1 N–H and O–H groups in total. The normalized spacial score (nSPS) is 15.4. The Labute approximate surface area is 173 Å². The fraction of sp³-hybridized carbons (Fsp3) is 0.381. The zero-order valence-electron chi connectivity index (χ0n) is 15.4. The first-order valence-electron chi connectivity index (χ1n) is 9.36. The van der Waals surface area contributed by atoms with Gasteiger partial charge in [0.1, 0.15) is 18.0 Å². The molecule has 2 aromatic rings. The highest BCUT2D eigenvalue weighted by Gasteiger charge is 2.35. The number of hydrogen-bond acceptors (Lipinski definition) is 4. The summed E-state index contributed by atoms with van der Waals surface area (Å²) in [6.45, 7) is 0. The number of halogens is 1. The lowest BCUT2D eigenvalue weighted by molar-refractivity contribution is -0.126. The molecule has 1 aliphatic rings. The van der Waals surface area contributed by atoms with Crippen molar-refractivity contribution in [1.82, 2.24) is 5.32 Å². The van der Waals surface area contributed by atoms with Crippen molar-refractivity contribution >= 4 is 40.4 Å². The van der Waals surface area contributed by atoms with E-state index in [9.17, 15) is 14.9 Å². The number of thiophene rings is 1. The number of hydrogen-bond donors (Lipinski definition) is 1. The average Bonchev–Trinajstić information content (AvgIpc) is 3.26. The first kappa shape index (κ1) is 20.4. The van der Waals surface area contributed by atoms with Gasteiger partial charge in [-0.2, -0.15) is 5.26 Å². The fourth-order valence-electron chi connectivity index (χ4n) is 3.61. The number of carbonyl (C=O) groups is 2. The predicted molar refractivity (Wildman–Crippen MR) is 111 cm³/mol. The Morgan fingerprint density at radius 1 is 1.21 bits per heavy atom. The molecule has 0 saturated heterocycles. The van der Waals surface area contributed by atoms with E-state index in [-0.39, 0.29) is 17.8 Å². The Kier molecular flexibility index (Phi) is 7.07. The van der Waals surface area contributed by atoms with E-state index in [2.05, 4.69) is 11.4 Å². The van der Waals surface area contributed by atoms with Crippen molar-refractivity contribution in [2.24, 2.45) is 0 Å². The quantitative estimate of drug-likeness (QED) is 0.711. The number of anilines is 1. The van der Waals surface area contributed by atoms with Gasteiger partial charge in [0.05, 0.1) is 11.3 Å². The van der Waals surface area contributed by atoms with Gasteiger partial charge in [-0.3, -0.25) is 14.5 Å². The van der Waals surface area contributed by atoms with Crippen molar-refractivity contribution < 1.29 is 9.59 Å². The lowest BCUT2D eigenvalue weighted by Crippen LogP contribution is -2.47. The van der Waals surface area contributed by atoms with Crippen LogP contribution in [-0.2, 0) is 9.59 Å². The highest BCUT2D eigenvalue weighted by molar-refractivity contribution is 7.10. The maximum Gasteiger partial charge on any atom is 0.248 e. The first-order valence-corrected chi connectivity index (χ1v) is 10.8. The molecule has 1 heterocycles. The molecule has 5 nitrogen and oxygen atoms in total. The second-order valence-electron chi connectivity index (χ2n) is 6.79. The zero-order chi connectivity index (χ0) is 19.9. The molecule has 1 fully saturated rings. The number of carbonyl (C=O) groups excluding carboxylic acids is 2. The molecule has 3 rings (SSSR count). The molecule has 0 radical (unpaired) electrons. The van der Waals surface area contributed by atoms with Crippen LogP contribution in [-0.4, -0.2) is 23.7 Å². The van der Waals surface area contributed by atoms with Gasteiger partial charge in [-0.25, -0.2) is 0 Å². The minimum atomic E-state index is -0.859. The second kappa shape index (κ2) is 9.72. The lowest BCUT2D eigenvalue weighted by Gasteiger charge is -2.32. The monoisotopic (exact) mass is 415 g/mol. The SMILES string of the molecule is N#Cc1ccccc1N(C(=O)CCl)C(C(=O)NC1CCCCC1)c1cccs1. The van der Waals surface area contributed by atoms with Crippen molar-refractivity contribution in [3.8, 4) is 6.07 Å². The standard InChI is InChI=1S/C21H22ClN3O2S/c22-13-19(26)25(17-10-5-4-7-15(17)14-23)20(18-11-6-12-28-18)21(27)24-16-8-2-1-3-9-16/h4-7,10-12,16,20H,1-3,8-9,13H2,(H,24,27). The van der Waals surface area contributed by atoms with Gasteiger partial charge in [0.15, 0.2) is 0 Å². The van der Waals surface area contributed by atoms with E-state index in [0.717, 1.165) is 30.6 Å². The lowest BCUT2D eigenvalue weighted by atomic mass is 9.95. The van der Waals surface area contributed by atoms with Gasteiger partial charge >= 0.3 is 0 Å². The van der Waals surface area contributed by atoms with Crippen molar-refractivity contribution in [3.05, 3.63) is 52.2 Å². The van der Waals surface area contributed by atoms with Crippen LogP contribution in [0.1, 0.15) is 48.6 Å². The molecule has 1 atom stereocenters. The molecule has 146 valence electrons. The predicted octanol–water partition coefficient (Wildman–Crippen LogP) is 4.38. The van der Waals surface area contributed by atoms with Crippen molar-refractivity contribution in [2.75, 3.05) is 10.8 Å². The van der Waals surface area contributed by atoms with E-state index in [1.54, 1.807) is 24.3 Å². The van der Waals surface area contributed by atoms with Crippen LogP contribution in [0.15, 0.2) is 41.8 Å². The van der Waals surface area contributed by atoms with Crippen molar-refractivity contribution in [3.63, 3.8) is 0 Å².